The third-order valence-electron chi connectivity index (χ3n) is 5.35. The van der Waals surface area contributed by atoms with Crippen LogP contribution in [0.1, 0.15) is 27.0 Å². The van der Waals surface area contributed by atoms with Crippen LogP contribution >= 0.6 is 0 Å². The molecule has 0 aromatic heterocycles. The van der Waals surface area contributed by atoms with Crippen molar-refractivity contribution in [2.24, 2.45) is 0 Å². The lowest BCUT2D eigenvalue weighted by Crippen LogP contribution is -2.29. The summed E-state index contributed by atoms with van der Waals surface area (Å²) in [7, 11) is -3.47. The summed E-state index contributed by atoms with van der Waals surface area (Å²) in [6.45, 7) is 4.28. The molecule has 32 heavy (non-hydrogen) atoms. The fourth-order valence-corrected chi connectivity index (χ4v) is 4.26. The maximum Gasteiger partial charge on any atom is 0.255 e. The van der Waals surface area contributed by atoms with Gasteiger partial charge in [0.1, 0.15) is 0 Å². The molecule has 1 aliphatic rings. The Morgan fingerprint density at radius 3 is 2.34 bits per heavy atom. The quantitative estimate of drug-likeness (QED) is 0.604. The standard InChI is InChI=1S/C24H24N2O5S/c1-16-4-10-21(12-17(16)2)26(32(3,28)29)14-18-5-8-20(9-6-18)25-24(27)19-7-11-22-23(13-19)31-15-30-22/h4-13H,14-15H2,1-3H3,(H,25,27). The van der Waals surface area contributed by atoms with Gasteiger partial charge in [-0.2, -0.15) is 0 Å². The third-order valence-corrected chi connectivity index (χ3v) is 6.49. The van der Waals surface area contributed by atoms with E-state index < -0.39 is 10.0 Å². The van der Waals surface area contributed by atoms with Crippen molar-refractivity contribution in [1.82, 2.24) is 0 Å². The number of aryl methyl sites for hydroxylation is 2. The molecule has 1 aliphatic heterocycles. The first-order valence-corrected chi connectivity index (χ1v) is 11.9. The number of fused-ring (bicyclic) bond motifs is 1. The molecule has 0 saturated heterocycles. The average molecular weight is 453 g/mol. The molecule has 0 spiro atoms. The van der Waals surface area contributed by atoms with Gasteiger partial charge in [0.05, 0.1) is 18.5 Å². The number of benzene rings is 3. The Morgan fingerprint density at radius 1 is 0.938 bits per heavy atom. The molecule has 4 rings (SSSR count). The van der Waals surface area contributed by atoms with Crippen LogP contribution in [-0.4, -0.2) is 27.4 Å². The molecule has 3 aromatic rings. The van der Waals surface area contributed by atoms with Crippen LogP contribution in [0.5, 0.6) is 11.5 Å². The molecule has 8 heteroatoms. The van der Waals surface area contributed by atoms with Crippen LogP contribution in [0.25, 0.3) is 0 Å². The van der Waals surface area contributed by atoms with E-state index in [4.69, 9.17) is 9.47 Å². The minimum absolute atomic E-state index is 0.147. The zero-order valence-corrected chi connectivity index (χ0v) is 18.9. The second-order valence-corrected chi connectivity index (χ2v) is 9.66. The summed E-state index contributed by atoms with van der Waals surface area (Å²) >= 11 is 0. The van der Waals surface area contributed by atoms with Gasteiger partial charge in [-0.15, -0.1) is 0 Å². The molecule has 1 heterocycles. The minimum Gasteiger partial charge on any atom is -0.454 e. The Hall–Kier alpha value is -3.52. The minimum atomic E-state index is -3.47. The number of hydrogen-bond acceptors (Lipinski definition) is 5. The third kappa shape index (κ3) is 4.70. The monoisotopic (exact) mass is 452 g/mol. The van der Waals surface area contributed by atoms with E-state index in [2.05, 4.69) is 5.32 Å². The van der Waals surface area contributed by atoms with Crippen LogP contribution in [0.3, 0.4) is 0 Å². The van der Waals surface area contributed by atoms with Gasteiger partial charge in [0.15, 0.2) is 11.5 Å². The number of anilines is 2. The number of amides is 1. The van der Waals surface area contributed by atoms with E-state index in [0.717, 1.165) is 16.7 Å². The van der Waals surface area contributed by atoms with Gasteiger partial charge in [0, 0.05) is 11.3 Å². The zero-order chi connectivity index (χ0) is 22.9. The molecule has 0 bridgehead atoms. The molecule has 166 valence electrons. The number of sulfonamides is 1. The van der Waals surface area contributed by atoms with Gasteiger partial charge in [-0.3, -0.25) is 9.10 Å². The molecular formula is C24H24N2O5S. The van der Waals surface area contributed by atoms with Crippen molar-refractivity contribution in [3.8, 4) is 11.5 Å². The molecule has 1 amide bonds. The summed E-state index contributed by atoms with van der Waals surface area (Å²) in [6.07, 6.45) is 1.20. The summed E-state index contributed by atoms with van der Waals surface area (Å²) in [6, 6.07) is 17.7. The molecular weight excluding hydrogens is 428 g/mol. The second kappa shape index (κ2) is 8.55. The van der Waals surface area contributed by atoms with E-state index in [9.17, 15) is 13.2 Å². The SMILES string of the molecule is Cc1ccc(N(Cc2ccc(NC(=O)c3ccc4c(c3)OCO4)cc2)S(C)(=O)=O)cc1C. The number of nitrogens with zero attached hydrogens (tertiary/aromatic N) is 1. The Kier molecular flexibility index (Phi) is 5.80. The van der Waals surface area contributed by atoms with Gasteiger partial charge in [-0.1, -0.05) is 18.2 Å². The maximum absolute atomic E-state index is 12.6. The number of carbonyl (C=O) groups is 1. The van der Waals surface area contributed by atoms with Crippen molar-refractivity contribution in [1.29, 1.82) is 0 Å². The Bertz CT molecular complexity index is 1270. The van der Waals surface area contributed by atoms with Gasteiger partial charge < -0.3 is 14.8 Å². The van der Waals surface area contributed by atoms with E-state index in [-0.39, 0.29) is 19.2 Å². The Labute approximate surface area is 187 Å². The summed E-state index contributed by atoms with van der Waals surface area (Å²) in [5, 5.41) is 2.84. The Balaban J connectivity index is 1.48. The van der Waals surface area contributed by atoms with Crippen LogP contribution in [0.4, 0.5) is 11.4 Å². The van der Waals surface area contributed by atoms with Gasteiger partial charge in [0.25, 0.3) is 5.91 Å². The number of nitrogens with one attached hydrogen (secondary N) is 1. The number of hydrogen-bond donors (Lipinski definition) is 1. The summed E-state index contributed by atoms with van der Waals surface area (Å²) in [4.78, 5) is 12.6. The van der Waals surface area contributed by atoms with Crippen LogP contribution in [0, 0.1) is 13.8 Å². The topological polar surface area (TPSA) is 84.9 Å². The van der Waals surface area contributed by atoms with Gasteiger partial charge in [-0.25, -0.2) is 8.42 Å². The van der Waals surface area contributed by atoms with Crippen molar-refractivity contribution < 1.29 is 22.7 Å². The number of rotatable bonds is 6. The highest BCUT2D eigenvalue weighted by atomic mass is 32.2. The normalized spacial score (nSPS) is 12.5. The van der Waals surface area contributed by atoms with Crippen molar-refractivity contribution >= 4 is 27.3 Å². The lowest BCUT2D eigenvalue weighted by Gasteiger charge is -2.23. The van der Waals surface area contributed by atoms with Gasteiger partial charge in [0.2, 0.25) is 16.8 Å². The summed E-state index contributed by atoms with van der Waals surface area (Å²) in [5.41, 5.74) is 4.61. The highest BCUT2D eigenvalue weighted by molar-refractivity contribution is 7.92. The fourth-order valence-electron chi connectivity index (χ4n) is 3.38. The molecule has 0 atom stereocenters. The maximum atomic E-state index is 12.6. The van der Waals surface area contributed by atoms with Crippen molar-refractivity contribution in [2.75, 3.05) is 22.7 Å². The van der Waals surface area contributed by atoms with Gasteiger partial charge >= 0.3 is 0 Å². The number of carbonyl (C=O) groups excluding carboxylic acids is 1. The molecule has 1 N–H and O–H groups in total. The molecule has 0 radical (unpaired) electrons. The molecule has 0 unspecified atom stereocenters. The first-order valence-electron chi connectivity index (χ1n) is 10.1. The Morgan fingerprint density at radius 2 is 1.66 bits per heavy atom. The fraction of sp³-hybridized carbons (Fsp3) is 0.208. The predicted octanol–water partition coefficient (Wildman–Crippen LogP) is 4.25. The van der Waals surface area contributed by atoms with Crippen molar-refractivity contribution in [3.63, 3.8) is 0 Å². The van der Waals surface area contributed by atoms with E-state index >= 15 is 0 Å². The molecule has 0 saturated carbocycles. The van der Waals surface area contributed by atoms with Crippen LogP contribution < -0.4 is 19.1 Å². The molecule has 7 nitrogen and oxygen atoms in total. The lowest BCUT2D eigenvalue weighted by molar-refractivity contribution is 0.102. The average Bonchev–Trinajstić information content (AvgIpc) is 3.22. The lowest BCUT2D eigenvalue weighted by atomic mass is 10.1. The van der Waals surface area contributed by atoms with E-state index in [1.54, 1.807) is 42.5 Å². The van der Waals surface area contributed by atoms with Crippen LogP contribution in [0.2, 0.25) is 0 Å². The number of ether oxygens (including phenoxy) is 2. The zero-order valence-electron chi connectivity index (χ0n) is 18.1. The second-order valence-electron chi connectivity index (χ2n) is 7.76. The van der Waals surface area contributed by atoms with Crippen LogP contribution in [0.15, 0.2) is 60.7 Å². The van der Waals surface area contributed by atoms with Crippen molar-refractivity contribution in [2.45, 2.75) is 20.4 Å². The van der Waals surface area contributed by atoms with E-state index in [1.807, 2.05) is 32.0 Å². The molecule has 0 fully saturated rings. The molecule has 0 aliphatic carbocycles. The smallest absolute Gasteiger partial charge is 0.255 e. The first kappa shape index (κ1) is 21.7. The van der Waals surface area contributed by atoms with Crippen LogP contribution in [-0.2, 0) is 16.6 Å². The summed E-state index contributed by atoms with van der Waals surface area (Å²) < 4.78 is 36.8. The molecule has 3 aromatic carbocycles. The van der Waals surface area contributed by atoms with E-state index in [0.29, 0.717) is 28.4 Å². The first-order chi connectivity index (χ1) is 15.2. The van der Waals surface area contributed by atoms with E-state index in [1.165, 1.54) is 10.6 Å². The van der Waals surface area contributed by atoms with Gasteiger partial charge in [-0.05, 0) is 73.0 Å². The summed E-state index contributed by atoms with van der Waals surface area (Å²) in [5.74, 6) is 0.884. The van der Waals surface area contributed by atoms with Crippen molar-refractivity contribution in [3.05, 3.63) is 82.9 Å². The predicted molar refractivity (Wildman–Crippen MR) is 124 cm³/mol. The highest BCUT2D eigenvalue weighted by Crippen LogP contribution is 2.32. The highest BCUT2D eigenvalue weighted by Gasteiger charge is 2.19. The largest absolute Gasteiger partial charge is 0.454 e.